The van der Waals surface area contributed by atoms with Gasteiger partial charge in [0.25, 0.3) is 0 Å². The van der Waals surface area contributed by atoms with Crippen LogP contribution in [0.25, 0.3) is 22.3 Å². The lowest BCUT2D eigenvalue weighted by Crippen LogP contribution is -2.54. The molecule has 1 aromatic carbocycles. The molecule has 9 nitrogen and oxygen atoms in total. The third-order valence-corrected chi connectivity index (χ3v) is 6.23. The summed E-state index contributed by atoms with van der Waals surface area (Å²) in [5.74, 6) is 1.11. The molecular weight excluding hydrogens is 420 g/mol. The van der Waals surface area contributed by atoms with Gasteiger partial charge in [0, 0.05) is 41.9 Å². The molecule has 0 amide bonds. The first-order valence-corrected chi connectivity index (χ1v) is 10.8. The van der Waals surface area contributed by atoms with Crippen molar-refractivity contribution in [2.45, 2.75) is 6.04 Å². The minimum atomic E-state index is -0.421. The highest BCUT2D eigenvalue weighted by Gasteiger charge is 2.35. The summed E-state index contributed by atoms with van der Waals surface area (Å²) in [6.45, 7) is 2.70. The fourth-order valence-corrected chi connectivity index (χ4v) is 4.62. The maximum Gasteiger partial charge on any atom is 0.339 e. The number of carbonyl (C=O) groups is 1. The molecular formula is C24H22N6O3. The molecule has 4 aromatic rings. The molecule has 9 heteroatoms. The number of morpholine rings is 1. The highest BCUT2D eigenvalue weighted by atomic mass is 16.5. The molecule has 2 aliphatic rings. The Balaban J connectivity index is 1.48. The smallest absolute Gasteiger partial charge is 0.339 e. The van der Waals surface area contributed by atoms with E-state index in [1.807, 2.05) is 36.7 Å². The number of nitrogens with zero attached hydrogens (tertiary/aromatic N) is 5. The number of aromatic amines is 1. The summed E-state index contributed by atoms with van der Waals surface area (Å²) in [5.41, 5.74) is 4.09. The van der Waals surface area contributed by atoms with Crippen LogP contribution in [0.3, 0.4) is 0 Å². The van der Waals surface area contributed by atoms with E-state index in [9.17, 15) is 4.79 Å². The topological polar surface area (TPSA) is 96.5 Å². The molecule has 1 unspecified atom stereocenters. The summed E-state index contributed by atoms with van der Waals surface area (Å²) in [4.78, 5) is 33.8. The molecule has 3 aromatic heterocycles. The van der Waals surface area contributed by atoms with Crippen molar-refractivity contribution in [1.29, 1.82) is 0 Å². The van der Waals surface area contributed by atoms with E-state index in [0.29, 0.717) is 31.1 Å². The third-order valence-electron chi connectivity index (χ3n) is 6.23. The minimum Gasteiger partial charge on any atom is -0.465 e. The second-order valence-corrected chi connectivity index (χ2v) is 8.10. The molecule has 0 saturated carbocycles. The number of aromatic nitrogens is 4. The summed E-state index contributed by atoms with van der Waals surface area (Å²) in [5, 5.41) is 1.08. The largest absolute Gasteiger partial charge is 0.465 e. The van der Waals surface area contributed by atoms with Gasteiger partial charge in [-0.15, -0.1) is 0 Å². The van der Waals surface area contributed by atoms with E-state index < -0.39 is 5.97 Å². The molecule has 5 heterocycles. The first kappa shape index (κ1) is 19.7. The molecule has 1 saturated heterocycles. The fraction of sp³-hybridized carbons (Fsp3) is 0.250. The van der Waals surface area contributed by atoms with E-state index >= 15 is 0 Å². The van der Waals surface area contributed by atoms with Crippen molar-refractivity contribution in [3.8, 4) is 11.4 Å². The van der Waals surface area contributed by atoms with Crippen molar-refractivity contribution in [2.75, 3.05) is 43.2 Å². The van der Waals surface area contributed by atoms with Gasteiger partial charge in [0.2, 0.25) is 0 Å². The quantitative estimate of drug-likeness (QED) is 0.484. The van der Waals surface area contributed by atoms with Gasteiger partial charge in [-0.25, -0.2) is 14.8 Å². The van der Waals surface area contributed by atoms with Gasteiger partial charge >= 0.3 is 5.97 Å². The second-order valence-electron chi connectivity index (χ2n) is 8.10. The van der Waals surface area contributed by atoms with Crippen LogP contribution in [0.2, 0.25) is 0 Å². The van der Waals surface area contributed by atoms with Gasteiger partial charge < -0.3 is 24.3 Å². The number of carbonyl (C=O) groups excluding carboxylic acids is 1. The number of benzene rings is 1. The van der Waals surface area contributed by atoms with E-state index in [2.05, 4.69) is 19.8 Å². The van der Waals surface area contributed by atoms with Crippen LogP contribution in [-0.4, -0.2) is 65.4 Å². The van der Waals surface area contributed by atoms with Gasteiger partial charge in [-0.1, -0.05) is 12.1 Å². The molecule has 0 aliphatic carbocycles. The highest BCUT2D eigenvalue weighted by Crippen LogP contribution is 2.40. The number of pyridine rings is 1. The number of esters is 1. The number of ether oxygens (including phenoxy) is 2. The average molecular weight is 442 g/mol. The first-order chi connectivity index (χ1) is 16.2. The molecule has 2 aliphatic heterocycles. The van der Waals surface area contributed by atoms with Crippen LogP contribution < -0.4 is 9.80 Å². The average Bonchev–Trinajstić information content (AvgIpc) is 3.36. The predicted octanol–water partition coefficient (Wildman–Crippen LogP) is 3.16. The Kier molecular flexibility index (Phi) is 4.69. The number of H-pyrrole nitrogens is 1. The SMILES string of the molecule is COC(=O)c1cncc(N2CC3COCCN3c3nc(-c4cccc5[nH]ccc45)ncc32)c1. The molecule has 6 rings (SSSR count). The Morgan fingerprint density at radius 3 is 3.09 bits per heavy atom. The third kappa shape index (κ3) is 3.28. The van der Waals surface area contributed by atoms with Gasteiger partial charge in [0.15, 0.2) is 11.6 Å². The van der Waals surface area contributed by atoms with E-state index in [1.54, 1.807) is 12.3 Å². The molecule has 1 fully saturated rings. The van der Waals surface area contributed by atoms with Gasteiger partial charge in [-0.3, -0.25) is 4.98 Å². The number of hydrogen-bond donors (Lipinski definition) is 1. The second kappa shape index (κ2) is 7.86. The first-order valence-electron chi connectivity index (χ1n) is 10.8. The van der Waals surface area contributed by atoms with Crippen molar-refractivity contribution in [3.63, 3.8) is 0 Å². The highest BCUT2D eigenvalue weighted by molar-refractivity contribution is 5.94. The van der Waals surface area contributed by atoms with Crippen LogP contribution in [-0.2, 0) is 9.47 Å². The Morgan fingerprint density at radius 2 is 2.18 bits per heavy atom. The van der Waals surface area contributed by atoms with Crippen molar-refractivity contribution >= 4 is 34.1 Å². The number of nitrogens with one attached hydrogen (secondary N) is 1. The standard InChI is InChI=1S/C24H22N6O3/c1-32-24(31)15-9-16(11-25-10-15)30-13-17-14-33-8-7-29(17)23-21(30)12-27-22(28-23)19-3-2-4-20-18(19)5-6-26-20/h2-6,9-12,17,26H,7-8,13-14H2,1H3. The maximum absolute atomic E-state index is 12.1. The summed E-state index contributed by atoms with van der Waals surface area (Å²) < 4.78 is 10.6. The Bertz CT molecular complexity index is 1350. The lowest BCUT2D eigenvalue weighted by Gasteiger charge is -2.45. The number of rotatable bonds is 3. The zero-order chi connectivity index (χ0) is 22.4. The maximum atomic E-state index is 12.1. The number of methoxy groups -OCH3 is 1. The minimum absolute atomic E-state index is 0.124. The molecule has 0 radical (unpaired) electrons. The van der Waals surface area contributed by atoms with Crippen LogP contribution in [0, 0.1) is 0 Å². The van der Waals surface area contributed by atoms with Crippen molar-refractivity contribution in [3.05, 3.63) is 60.7 Å². The summed E-state index contributed by atoms with van der Waals surface area (Å²) in [6, 6.07) is 10.0. The van der Waals surface area contributed by atoms with Crippen LogP contribution in [0.4, 0.5) is 17.2 Å². The van der Waals surface area contributed by atoms with E-state index in [0.717, 1.165) is 40.2 Å². The van der Waals surface area contributed by atoms with Gasteiger partial charge in [-0.2, -0.15) is 0 Å². The van der Waals surface area contributed by atoms with Crippen molar-refractivity contribution < 1.29 is 14.3 Å². The molecule has 33 heavy (non-hydrogen) atoms. The Labute approximate surface area is 190 Å². The monoisotopic (exact) mass is 442 g/mol. The molecule has 166 valence electrons. The molecule has 1 N–H and O–H groups in total. The van der Waals surface area contributed by atoms with Crippen LogP contribution >= 0.6 is 0 Å². The molecule has 0 bridgehead atoms. The number of fused-ring (bicyclic) bond motifs is 4. The van der Waals surface area contributed by atoms with Crippen molar-refractivity contribution in [2.24, 2.45) is 0 Å². The lowest BCUT2D eigenvalue weighted by atomic mass is 10.1. The van der Waals surface area contributed by atoms with Crippen molar-refractivity contribution in [1.82, 2.24) is 19.9 Å². The zero-order valence-electron chi connectivity index (χ0n) is 18.1. The van der Waals surface area contributed by atoms with E-state index in [1.165, 1.54) is 13.3 Å². The number of anilines is 3. The zero-order valence-corrected chi connectivity index (χ0v) is 18.1. The van der Waals surface area contributed by atoms with E-state index in [-0.39, 0.29) is 6.04 Å². The number of hydrogen-bond acceptors (Lipinski definition) is 8. The predicted molar refractivity (Wildman–Crippen MR) is 124 cm³/mol. The summed E-state index contributed by atoms with van der Waals surface area (Å²) in [6.07, 6.45) is 7.03. The van der Waals surface area contributed by atoms with Crippen LogP contribution in [0.5, 0.6) is 0 Å². The van der Waals surface area contributed by atoms with Crippen LogP contribution in [0.15, 0.2) is 55.1 Å². The summed E-state index contributed by atoms with van der Waals surface area (Å²) in [7, 11) is 1.36. The normalized spacial score (nSPS) is 17.5. The van der Waals surface area contributed by atoms with Gasteiger partial charge in [-0.05, 0) is 18.2 Å². The van der Waals surface area contributed by atoms with E-state index in [4.69, 9.17) is 19.4 Å². The Morgan fingerprint density at radius 1 is 1.24 bits per heavy atom. The van der Waals surface area contributed by atoms with Gasteiger partial charge in [0.05, 0.1) is 50.0 Å². The fourth-order valence-electron chi connectivity index (χ4n) is 4.62. The Hall–Kier alpha value is -3.98. The van der Waals surface area contributed by atoms with Crippen LogP contribution in [0.1, 0.15) is 10.4 Å². The molecule has 0 spiro atoms. The molecule has 1 atom stereocenters. The van der Waals surface area contributed by atoms with Gasteiger partial charge in [0.1, 0.15) is 5.69 Å². The lowest BCUT2D eigenvalue weighted by molar-refractivity contribution is 0.0600. The summed E-state index contributed by atoms with van der Waals surface area (Å²) >= 11 is 0.